The molecule has 2 aliphatic heterocycles. The zero-order valence-electron chi connectivity index (χ0n) is 21.4. The summed E-state index contributed by atoms with van der Waals surface area (Å²) >= 11 is 0. The van der Waals surface area contributed by atoms with Gasteiger partial charge in [-0.3, -0.25) is 4.79 Å². The van der Waals surface area contributed by atoms with Crippen molar-refractivity contribution in [3.05, 3.63) is 47.7 Å². The topological polar surface area (TPSA) is 75.1 Å². The van der Waals surface area contributed by atoms with Crippen LogP contribution in [0, 0.1) is 18.8 Å². The molecule has 2 aliphatic rings. The maximum atomic E-state index is 13.7. The van der Waals surface area contributed by atoms with Gasteiger partial charge in [-0.1, -0.05) is 31.2 Å². The normalized spacial score (nSPS) is 22.3. The number of rotatable bonds is 7. The Hall–Kier alpha value is -2.48. The molecule has 3 atom stereocenters. The second-order valence-corrected chi connectivity index (χ2v) is 10.3. The first-order valence-corrected chi connectivity index (χ1v) is 12.8. The summed E-state index contributed by atoms with van der Waals surface area (Å²) in [5.41, 5.74) is 3.50. The summed E-state index contributed by atoms with van der Waals surface area (Å²) in [5, 5.41) is 9.90. The minimum atomic E-state index is -0.293. The Labute approximate surface area is 209 Å². The zero-order valence-corrected chi connectivity index (χ0v) is 21.4. The molecule has 2 aromatic rings. The fraction of sp³-hybridized carbons (Fsp3) is 0.571. The van der Waals surface area contributed by atoms with Gasteiger partial charge in [0.2, 0.25) is 5.88 Å². The number of hydrogen-bond donors (Lipinski definition) is 1. The lowest BCUT2D eigenvalue weighted by Crippen LogP contribution is -2.50. The average molecular weight is 482 g/mol. The summed E-state index contributed by atoms with van der Waals surface area (Å²) < 4.78 is 12.0. The van der Waals surface area contributed by atoms with Crippen molar-refractivity contribution >= 4 is 5.91 Å². The average Bonchev–Trinajstić information content (AvgIpc) is 2.86. The smallest absolute Gasteiger partial charge is 0.259 e. The van der Waals surface area contributed by atoms with Gasteiger partial charge in [0.05, 0.1) is 12.6 Å². The third-order valence-electron chi connectivity index (χ3n) is 7.38. The van der Waals surface area contributed by atoms with E-state index in [1.54, 1.807) is 11.1 Å². The van der Waals surface area contributed by atoms with Gasteiger partial charge in [-0.15, -0.1) is 0 Å². The highest BCUT2D eigenvalue weighted by Gasteiger charge is 2.34. The van der Waals surface area contributed by atoms with Gasteiger partial charge in [-0.25, -0.2) is 4.98 Å². The van der Waals surface area contributed by atoms with Gasteiger partial charge in [0.1, 0.15) is 11.7 Å². The number of nitrogens with zero attached hydrogens (tertiary/aromatic N) is 3. The van der Waals surface area contributed by atoms with Gasteiger partial charge >= 0.3 is 0 Å². The molecule has 190 valence electrons. The number of aliphatic hydroxyl groups excluding tert-OH is 1. The molecule has 4 rings (SSSR count). The molecule has 3 heterocycles. The van der Waals surface area contributed by atoms with Crippen LogP contribution in [0.15, 0.2) is 36.5 Å². The van der Waals surface area contributed by atoms with E-state index in [2.05, 4.69) is 36.8 Å². The Morgan fingerprint density at radius 2 is 1.94 bits per heavy atom. The summed E-state index contributed by atoms with van der Waals surface area (Å²) in [4.78, 5) is 22.4. The molecule has 7 heteroatoms. The molecule has 7 nitrogen and oxygen atoms in total. The van der Waals surface area contributed by atoms with Crippen LogP contribution in [0.4, 0.5) is 0 Å². The number of carbonyl (C=O) groups excluding carboxylic acids is 1. The molecule has 1 fully saturated rings. The Morgan fingerprint density at radius 1 is 1.20 bits per heavy atom. The van der Waals surface area contributed by atoms with E-state index in [4.69, 9.17) is 9.47 Å². The number of aryl methyl sites for hydroxylation is 1. The van der Waals surface area contributed by atoms with E-state index in [9.17, 15) is 9.90 Å². The number of hydrogen-bond acceptors (Lipinski definition) is 6. The summed E-state index contributed by atoms with van der Waals surface area (Å²) in [5.74, 6) is 0.937. The maximum Gasteiger partial charge on any atom is 0.259 e. The van der Waals surface area contributed by atoms with Crippen molar-refractivity contribution in [2.45, 2.75) is 45.8 Å². The number of benzene rings is 1. The van der Waals surface area contributed by atoms with Crippen LogP contribution in [0.5, 0.6) is 5.88 Å². The molecule has 0 unspecified atom stereocenters. The van der Waals surface area contributed by atoms with Gasteiger partial charge in [0.15, 0.2) is 0 Å². The Kier molecular flexibility index (Phi) is 8.42. The van der Waals surface area contributed by atoms with Crippen molar-refractivity contribution < 1.29 is 19.4 Å². The summed E-state index contributed by atoms with van der Waals surface area (Å²) in [7, 11) is 2.14. The van der Waals surface area contributed by atoms with Gasteiger partial charge in [0, 0.05) is 50.5 Å². The minimum Gasteiger partial charge on any atom is -0.472 e. The predicted octanol–water partition coefficient (Wildman–Crippen LogP) is 3.64. The number of fused-ring (bicyclic) bond motifs is 1. The fourth-order valence-electron chi connectivity index (χ4n) is 5.12. The second kappa shape index (κ2) is 11.5. The van der Waals surface area contributed by atoms with Gasteiger partial charge < -0.3 is 24.4 Å². The van der Waals surface area contributed by atoms with Crippen LogP contribution < -0.4 is 4.74 Å². The quantitative estimate of drug-likeness (QED) is 0.651. The number of carbonyl (C=O) groups is 1. The number of amides is 1. The molecule has 1 aromatic heterocycles. The van der Waals surface area contributed by atoms with Crippen LogP contribution in [-0.2, 0) is 4.74 Å². The van der Waals surface area contributed by atoms with E-state index in [0.29, 0.717) is 23.9 Å². The van der Waals surface area contributed by atoms with Crippen molar-refractivity contribution in [2.75, 3.05) is 46.5 Å². The van der Waals surface area contributed by atoms with E-state index in [1.807, 2.05) is 31.2 Å². The maximum absolute atomic E-state index is 13.7. The lowest BCUT2D eigenvalue weighted by Gasteiger charge is -2.38. The van der Waals surface area contributed by atoms with Gasteiger partial charge in [-0.05, 0) is 56.8 Å². The van der Waals surface area contributed by atoms with Crippen LogP contribution in [0.2, 0.25) is 0 Å². The Bertz CT molecular complexity index is 1010. The first kappa shape index (κ1) is 25.6. The van der Waals surface area contributed by atoms with Crippen LogP contribution in [-0.4, -0.2) is 84.4 Å². The predicted molar refractivity (Wildman–Crippen MR) is 137 cm³/mol. The molecule has 0 saturated carbocycles. The zero-order chi connectivity index (χ0) is 24.9. The van der Waals surface area contributed by atoms with Crippen LogP contribution in [0.3, 0.4) is 0 Å². The van der Waals surface area contributed by atoms with Crippen molar-refractivity contribution in [1.82, 2.24) is 14.8 Å². The summed E-state index contributed by atoms with van der Waals surface area (Å²) in [6.07, 6.45) is 3.85. The third-order valence-corrected chi connectivity index (χ3v) is 7.38. The second-order valence-electron chi connectivity index (χ2n) is 10.3. The number of ether oxygens (including phenoxy) is 2. The first-order valence-electron chi connectivity index (χ1n) is 12.8. The fourth-order valence-corrected chi connectivity index (χ4v) is 5.12. The summed E-state index contributed by atoms with van der Waals surface area (Å²) in [6, 6.07) is 9.68. The molecule has 0 aliphatic carbocycles. The molecule has 0 bridgehead atoms. The lowest BCUT2D eigenvalue weighted by molar-refractivity contribution is 0.0254. The van der Waals surface area contributed by atoms with Crippen LogP contribution in [0.25, 0.3) is 11.1 Å². The highest BCUT2D eigenvalue weighted by molar-refractivity contribution is 5.98. The van der Waals surface area contributed by atoms with Gasteiger partial charge in [0.25, 0.3) is 5.91 Å². The minimum absolute atomic E-state index is 0.0797. The Morgan fingerprint density at radius 3 is 2.66 bits per heavy atom. The monoisotopic (exact) mass is 481 g/mol. The lowest BCUT2D eigenvalue weighted by atomic mass is 9.97. The van der Waals surface area contributed by atoms with Crippen LogP contribution >= 0.6 is 0 Å². The number of pyridine rings is 1. The third kappa shape index (κ3) is 6.02. The van der Waals surface area contributed by atoms with E-state index in [1.165, 1.54) is 0 Å². The Balaban J connectivity index is 1.63. The number of aromatic nitrogens is 1. The van der Waals surface area contributed by atoms with E-state index in [0.717, 1.165) is 55.8 Å². The highest BCUT2D eigenvalue weighted by Crippen LogP contribution is 2.31. The van der Waals surface area contributed by atoms with Crippen molar-refractivity contribution in [3.63, 3.8) is 0 Å². The van der Waals surface area contributed by atoms with Gasteiger partial charge in [-0.2, -0.15) is 0 Å². The van der Waals surface area contributed by atoms with E-state index in [-0.39, 0.29) is 30.6 Å². The first-order chi connectivity index (χ1) is 16.9. The molecule has 0 radical (unpaired) electrons. The number of likely N-dealkylation sites (N-methyl/N-ethyl adjacent to an activating group) is 1. The molecule has 35 heavy (non-hydrogen) atoms. The molecule has 1 amide bonds. The largest absolute Gasteiger partial charge is 0.472 e. The number of aliphatic hydroxyl groups is 1. The molecule has 1 aromatic carbocycles. The SMILES string of the molecule is Cc1ccccc1-c1cnc2c(c1)C(=O)N([C@@H](C)CO)C[C@H](C)[C@@H](CN(C)CC1CCOCC1)O2. The molecule has 1 saturated heterocycles. The van der Waals surface area contributed by atoms with Crippen molar-refractivity contribution in [2.24, 2.45) is 11.8 Å². The van der Waals surface area contributed by atoms with Crippen molar-refractivity contribution in [1.29, 1.82) is 0 Å². The summed E-state index contributed by atoms with van der Waals surface area (Å²) in [6.45, 7) is 9.90. The van der Waals surface area contributed by atoms with Crippen LogP contribution in [0.1, 0.15) is 42.6 Å². The molecular weight excluding hydrogens is 442 g/mol. The van der Waals surface area contributed by atoms with E-state index < -0.39 is 0 Å². The highest BCUT2D eigenvalue weighted by atomic mass is 16.5. The van der Waals surface area contributed by atoms with Crippen molar-refractivity contribution in [3.8, 4) is 17.0 Å². The molecule has 0 spiro atoms. The van der Waals surface area contributed by atoms with E-state index >= 15 is 0 Å². The molecular formula is C28H39N3O4. The standard InChI is InChI=1S/C28H39N3O4/c1-19-7-5-6-8-24(19)23-13-25-27(29-14-23)35-26(17-30(4)16-22-9-11-34-12-10-22)20(2)15-31(28(25)33)21(3)18-32/h5-8,13-14,20-22,26,32H,9-12,15-18H2,1-4H3/t20-,21-,26+/m0/s1. The molecule has 1 N–H and O–H groups in total.